The van der Waals surface area contributed by atoms with E-state index < -0.39 is 11.8 Å². The van der Waals surface area contributed by atoms with Crippen LogP contribution in [0.1, 0.15) is 31.1 Å². The van der Waals surface area contributed by atoms with Crippen LogP contribution >= 0.6 is 24.0 Å². The summed E-state index contributed by atoms with van der Waals surface area (Å²) in [6, 6.07) is 20.9. The Bertz CT molecular complexity index is 1170. The monoisotopic (exact) mass is 448 g/mol. The Labute approximate surface area is 190 Å². The fraction of sp³-hybridized carbons (Fsp3) is 0.125. The zero-order valence-corrected chi connectivity index (χ0v) is 18.6. The van der Waals surface area contributed by atoms with Crippen molar-refractivity contribution >= 4 is 52.7 Å². The lowest BCUT2D eigenvalue weighted by molar-refractivity contribution is -0.122. The number of nitrogens with zero attached hydrogens (tertiary/aromatic N) is 1. The van der Waals surface area contributed by atoms with Crippen molar-refractivity contribution in [3.05, 3.63) is 83.6 Å². The highest BCUT2D eigenvalue weighted by Gasteiger charge is 2.34. The molecule has 1 saturated heterocycles. The molecular weight excluding hydrogens is 428 g/mol. The van der Waals surface area contributed by atoms with Crippen molar-refractivity contribution in [2.75, 3.05) is 4.90 Å². The van der Waals surface area contributed by atoms with E-state index in [0.717, 1.165) is 10.5 Å². The van der Waals surface area contributed by atoms with Crippen LogP contribution in [0.5, 0.6) is 0 Å². The predicted octanol–water partition coefficient (Wildman–Crippen LogP) is 5.39. The predicted molar refractivity (Wildman–Crippen MR) is 126 cm³/mol. The van der Waals surface area contributed by atoms with E-state index in [1.165, 1.54) is 22.7 Å². The van der Waals surface area contributed by atoms with Crippen LogP contribution in [0.15, 0.2) is 86.7 Å². The highest BCUT2D eigenvalue weighted by atomic mass is 32.2. The molecule has 4 rings (SSSR count). The molecule has 2 aromatic carbocycles. The minimum Gasteiger partial charge on any atom is -0.450 e. The molecule has 1 aromatic heterocycles. The van der Waals surface area contributed by atoms with E-state index in [0.29, 0.717) is 22.5 Å². The van der Waals surface area contributed by atoms with Gasteiger partial charge in [0.1, 0.15) is 11.3 Å². The van der Waals surface area contributed by atoms with Crippen LogP contribution < -0.4 is 10.2 Å². The normalized spacial score (nSPS) is 15.6. The lowest BCUT2D eigenvalue weighted by Crippen LogP contribution is -2.54. The van der Waals surface area contributed by atoms with E-state index in [9.17, 15) is 9.59 Å². The van der Waals surface area contributed by atoms with E-state index in [1.807, 2.05) is 60.7 Å². The number of carbonyl (C=O) groups excluding carboxylic acids is 2. The standard InChI is InChI=1S/C24H20N2O3S2/c1-15(2)16-8-10-17(11-9-16)26-23(28)20(22(27)25-24(26)30)14-18-12-13-21(29-18)31-19-6-4-3-5-7-19/h3-15H,1-2H3,(H,25,27,30)/b20-14+. The molecule has 0 unspecified atom stereocenters. The first-order valence-electron chi connectivity index (χ1n) is 9.76. The highest BCUT2D eigenvalue weighted by Crippen LogP contribution is 2.30. The Hall–Kier alpha value is -3.16. The van der Waals surface area contributed by atoms with Crippen LogP contribution in [0.2, 0.25) is 0 Å². The van der Waals surface area contributed by atoms with Gasteiger partial charge in [-0.1, -0.05) is 55.9 Å². The van der Waals surface area contributed by atoms with Gasteiger partial charge in [-0.15, -0.1) is 0 Å². The molecule has 2 heterocycles. The van der Waals surface area contributed by atoms with Gasteiger partial charge in [-0.25, -0.2) is 0 Å². The zero-order chi connectivity index (χ0) is 22.0. The average Bonchev–Trinajstić information content (AvgIpc) is 3.19. The van der Waals surface area contributed by atoms with Crippen molar-refractivity contribution in [3.8, 4) is 0 Å². The molecule has 5 nitrogen and oxygen atoms in total. The fourth-order valence-electron chi connectivity index (χ4n) is 3.11. The molecule has 7 heteroatoms. The maximum atomic E-state index is 13.1. The van der Waals surface area contributed by atoms with Gasteiger partial charge in [0, 0.05) is 4.90 Å². The van der Waals surface area contributed by atoms with Crippen LogP contribution in [0.4, 0.5) is 5.69 Å². The van der Waals surface area contributed by atoms with Gasteiger partial charge in [0.05, 0.1) is 5.69 Å². The van der Waals surface area contributed by atoms with Crippen molar-refractivity contribution in [2.24, 2.45) is 0 Å². The number of hydrogen-bond donors (Lipinski definition) is 1. The summed E-state index contributed by atoms with van der Waals surface area (Å²) in [4.78, 5) is 28.0. The van der Waals surface area contributed by atoms with Gasteiger partial charge in [0.25, 0.3) is 11.8 Å². The quantitative estimate of drug-likeness (QED) is 0.322. The van der Waals surface area contributed by atoms with Crippen LogP contribution in [-0.2, 0) is 9.59 Å². The van der Waals surface area contributed by atoms with Crippen LogP contribution in [0.25, 0.3) is 6.08 Å². The molecule has 0 atom stereocenters. The average molecular weight is 449 g/mol. The summed E-state index contributed by atoms with van der Waals surface area (Å²) in [7, 11) is 0. The van der Waals surface area contributed by atoms with E-state index in [-0.39, 0.29) is 10.7 Å². The van der Waals surface area contributed by atoms with E-state index in [4.69, 9.17) is 16.6 Å². The first-order chi connectivity index (χ1) is 14.9. The lowest BCUT2D eigenvalue weighted by Gasteiger charge is -2.29. The van der Waals surface area contributed by atoms with E-state index in [1.54, 1.807) is 6.07 Å². The maximum absolute atomic E-state index is 13.1. The zero-order valence-electron chi connectivity index (χ0n) is 17.0. The van der Waals surface area contributed by atoms with Gasteiger partial charge in [-0.3, -0.25) is 19.8 Å². The van der Waals surface area contributed by atoms with Gasteiger partial charge in [-0.05, 0) is 66.2 Å². The van der Waals surface area contributed by atoms with Gasteiger partial charge in [-0.2, -0.15) is 0 Å². The topological polar surface area (TPSA) is 62.6 Å². The second-order valence-corrected chi connectivity index (χ2v) is 8.74. The van der Waals surface area contributed by atoms with Crippen molar-refractivity contribution < 1.29 is 14.0 Å². The molecule has 31 heavy (non-hydrogen) atoms. The second kappa shape index (κ2) is 8.91. The molecule has 1 N–H and O–H groups in total. The number of anilines is 1. The third-order valence-electron chi connectivity index (χ3n) is 4.77. The van der Waals surface area contributed by atoms with Gasteiger partial charge in [0.2, 0.25) is 0 Å². The smallest absolute Gasteiger partial charge is 0.270 e. The van der Waals surface area contributed by atoms with E-state index in [2.05, 4.69) is 19.2 Å². The SMILES string of the molecule is CC(C)c1ccc(N2C(=O)/C(=C/c3ccc(Sc4ccccc4)o3)C(=O)NC2=S)cc1. The Morgan fingerprint density at radius 1 is 1.00 bits per heavy atom. The lowest BCUT2D eigenvalue weighted by atomic mass is 10.0. The van der Waals surface area contributed by atoms with Crippen LogP contribution in [0, 0.1) is 0 Å². The fourth-order valence-corrected chi connectivity index (χ4v) is 4.19. The minimum absolute atomic E-state index is 0.0350. The molecule has 0 bridgehead atoms. The number of hydrogen-bond acceptors (Lipinski definition) is 5. The maximum Gasteiger partial charge on any atom is 0.270 e. The molecular formula is C24H20N2O3S2. The van der Waals surface area contributed by atoms with Gasteiger partial charge >= 0.3 is 0 Å². The largest absolute Gasteiger partial charge is 0.450 e. The first-order valence-corrected chi connectivity index (χ1v) is 11.0. The molecule has 0 aliphatic carbocycles. The third-order valence-corrected chi connectivity index (χ3v) is 5.98. The molecule has 0 spiro atoms. The van der Waals surface area contributed by atoms with Crippen LogP contribution in [0.3, 0.4) is 0 Å². The molecule has 1 aliphatic heterocycles. The molecule has 156 valence electrons. The van der Waals surface area contributed by atoms with E-state index >= 15 is 0 Å². The van der Waals surface area contributed by atoms with Crippen molar-refractivity contribution in [3.63, 3.8) is 0 Å². The summed E-state index contributed by atoms with van der Waals surface area (Å²) < 4.78 is 5.80. The van der Waals surface area contributed by atoms with Gasteiger partial charge in [0.15, 0.2) is 10.2 Å². The minimum atomic E-state index is -0.543. The Morgan fingerprint density at radius 2 is 1.71 bits per heavy atom. The number of thiocarbonyl (C=S) groups is 1. The third kappa shape index (κ3) is 4.62. The van der Waals surface area contributed by atoms with Gasteiger partial charge < -0.3 is 4.42 Å². The summed E-state index contributed by atoms with van der Waals surface area (Å²) in [5, 5.41) is 3.32. The number of rotatable bonds is 5. The number of carbonyl (C=O) groups is 2. The number of nitrogens with one attached hydrogen (secondary N) is 1. The molecule has 0 radical (unpaired) electrons. The summed E-state index contributed by atoms with van der Waals surface area (Å²) in [6.07, 6.45) is 1.45. The summed E-state index contributed by atoms with van der Waals surface area (Å²) in [6.45, 7) is 4.20. The number of furan rings is 1. The molecule has 1 fully saturated rings. The Balaban J connectivity index is 1.59. The Morgan fingerprint density at radius 3 is 2.39 bits per heavy atom. The van der Waals surface area contributed by atoms with Crippen LogP contribution in [-0.4, -0.2) is 16.9 Å². The Kier molecular flexibility index (Phi) is 6.06. The number of amides is 2. The van der Waals surface area contributed by atoms with Crippen molar-refractivity contribution in [1.82, 2.24) is 5.32 Å². The van der Waals surface area contributed by atoms with Crippen molar-refractivity contribution in [2.45, 2.75) is 29.8 Å². The molecule has 1 aliphatic rings. The summed E-state index contributed by atoms with van der Waals surface area (Å²) >= 11 is 6.72. The highest BCUT2D eigenvalue weighted by molar-refractivity contribution is 7.99. The molecule has 3 aromatic rings. The summed E-state index contributed by atoms with van der Waals surface area (Å²) in [5.41, 5.74) is 1.72. The molecule has 0 saturated carbocycles. The summed E-state index contributed by atoms with van der Waals surface area (Å²) in [5.74, 6) is -0.242. The first kappa shape index (κ1) is 21.1. The van der Waals surface area contributed by atoms with Crippen molar-refractivity contribution in [1.29, 1.82) is 0 Å². The molecule has 2 amide bonds. The number of benzene rings is 2. The second-order valence-electron chi connectivity index (χ2n) is 7.28.